The third kappa shape index (κ3) is 3.67. The Balaban J connectivity index is 2.13. The van der Waals surface area contributed by atoms with Crippen LogP contribution in [0.15, 0.2) is 57.5 Å². The standard InChI is InChI=1S/C15H13Br2NO/c1-10(13-7-2-3-8-14(13)17)18-15(19)11-5-4-6-12(16)9-11/h2-10H,1H3,(H,18,19)/t10-/m1/s1. The van der Waals surface area contributed by atoms with Crippen LogP contribution in [-0.4, -0.2) is 5.91 Å². The lowest BCUT2D eigenvalue weighted by Gasteiger charge is -2.16. The molecule has 2 nitrogen and oxygen atoms in total. The molecule has 0 aliphatic carbocycles. The van der Waals surface area contributed by atoms with Crippen LogP contribution in [0.5, 0.6) is 0 Å². The van der Waals surface area contributed by atoms with Crippen LogP contribution in [0.4, 0.5) is 0 Å². The SMILES string of the molecule is C[C@@H](NC(=O)c1cccc(Br)c1)c1ccccc1Br. The highest BCUT2D eigenvalue weighted by molar-refractivity contribution is 9.10. The lowest BCUT2D eigenvalue weighted by Crippen LogP contribution is -2.26. The van der Waals surface area contributed by atoms with Crippen molar-refractivity contribution < 1.29 is 4.79 Å². The first kappa shape index (κ1) is 14.3. The van der Waals surface area contributed by atoms with E-state index in [1.165, 1.54) is 0 Å². The number of benzene rings is 2. The number of amides is 1. The summed E-state index contributed by atoms with van der Waals surface area (Å²) >= 11 is 6.86. The fourth-order valence-electron chi connectivity index (χ4n) is 1.81. The van der Waals surface area contributed by atoms with Crippen molar-refractivity contribution in [2.24, 2.45) is 0 Å². The zero-order valence-corrected chi connectivity index (χ0v) is 13.5. The Kier molecular flexibility index (Phi) is 4.77. The quantitative estimate of drug-likeness (QED) is 0.818. The van der Waals surface area contributed by atoms with E-state index in [0.717, 1.165) is 14.5 Å². The average molecular weight is 383 g/mol. The summed E-state index contributed by atoms with van der Waals surface area (Å²) in [5.74, 6) is -0.0791. The van der Waals surface area contributed by atoms with Crippen molar-refractivity contribution in [3.05, 3.63) is 68.6 Å². The van der Waals surface area contributed by atoms with Crippen LogP contribution in [0, 0.1) is 0 Å². The molecular formula is C15H13Br2NO. The molecule has 2 rings (SSSR count). The van der Waals surface area contributed by atoms with Crippen molar-refractivity contribution in [3.63, 3.8) is 0 Å². The molecule has 0 radical (unpaired) electrons. The highest BCUT2D eigenvalue weighted by Crippen LogP contribution is 2.23. The molecule has 0 unspecified atom stereocenters. The van der Waals surface area contributed by atoms with Gasteiger partial charge in [0.25, 0.3) is 5.91 Å². The van der Waals surface area contributed by atoms with Crippen molar-refractivity contribution >= 4 is 37.8 Å². The fraction of sp³-hybridized carbons (Fsp3) is 0.133. The van der Waals surface area contributed by atoms with Gasteiger partial charge >= 0.3 is 0 Å². The van der Waals surface area contributed by atoms with E-state index in [4.69, 9.17) is 0 Å². The topological polar surface area (TPSA) is 29.1 Å². The predicted octanol–water partition coefficient (Wildman–Crippen LogP) is 4.70. The molecule has 0 saturated carbocycles. The van der Waals surface area contributed by atoms with Gasteiger partial charge in [0, 0.05) is 14.5 Å². The molecule has 1 amide bonds. The summed E-state index contributed by atoms with van der Waals surface area (Å²) in [7, 11) is 0. The Morgan fingerprint density at radius 1 is 1.11 bits per heavy atom. The number of hydrogen-bond donors (Lipinski definition) is 1. The van der Waals surface area contributed by atoms with Crippen LogP contribution in [-0.2, 0) is 0 Å². The molecule has 0 saturated heterocycles. The van der Waals surface area contributed by atoms with E-state index in [-0.39, 0.29) is 11.9 Å². The van der Waals surface area contributed by atoms with Crippen molar-refractivity contribution in [3.8, 4) is 0 Å². The molecule has 0 aliphatic rings. The molecule has 1 atom stereocenters. The maximum absolute atomic E-state index is 12.1. The lowest BCUT2D eigenvalue weighted by molar-refractivity contribution is 0.0939. The Morgan fingerprint density at radius 3 is 2.53 bits per heavy atom. The summed E-state index contributed by atoms with van der Waals surface area (Å²) in [6.07, 6.45) is 0. The fourth-order valence-corrected chi connectivity index (χ4v) is 2.84. The molecule has 0 spiro atoms. The van der Waals surface area contributed by atoms with Crippen LogP contribution < -0.4 is 5.32 Å². The molecule has 0 aromatic heterocycles. The van der Waals surface area contributed by atoms with E-state index in [2.05, 4.69) is 37.2 Å². The summed E-state index contributed by atoms with van der Waals surface area (Å²) in [5, 5.41) is 2.99. The molecule has 1 N–H and O–H groups in total. The number of rotatable bonds is 3. The lowest BCUT2D eigenvalue weighted by atomic mass is 10.1. The minimum Gasteiger partial charge on any atom is -0.345 e. The largest absolute Gasteiger partial charge is 0.345 e. The summed E-state index contributed by atoms with van der Waals surface area (Å²) in [5.41, 5.74) is 1.71. The Hall–Kier alpha value is -1.13. The molecule has 2 aromatic rings. The van der Waals surface area contributed by atoms with Gasteiger partial charge in [-0.15, -0.1) is 0 Å². The molecular weight excluding hydrogens is 370 g/mol. The minimum atomic E-state index is -0.0791. The minimum absolute atomic E-state index is 0.0537. The van der Waals surface area contributed by atoms with Gasteiger partial charge in [-0.25, -0.2) is 0 Å². The number of carbonyl (C=O) groups is 1. The van der Waals surface area contributed by atoms with Crippen molar-refractivity contribution in [2.45, 2.75) is 13.0 Å². The second-order valence-corrected chi connectivity index (χ2v) is 6.00. The van der Waals surface area contributed by atoms with Gasteiger partial charge in [0.05, 0.1) is 6.04 Å². The maximum atomic E-state index is 12.1. The summed E-state index contributed by atoms with van der Waals surface area (Å²) < 4.78 is 1.89. The van der Waals surface area contributed by atoms with Crippen LogP contribution >= 0.6 is 31.9 Å². The van der Waals surface area contributed by atoms with Gasteiger partial charge in [0.1, 0.15) is 0 Å². The van der Waals surface area contributed by atoms with E-state index in [9.17, 15) is 4.79 Å². The van der Waals surface area contributed by atoms with Crippen LogP contribution in [0.3, 0.4) is 0 Å². The molecule has 0 fully saturated rings. The number of hydrogen-bond acceptors (Lipinski definition) is 1. The van der Waals surface area contributed by atoms with Gasteiger partial charge in [0.15, 0.2) is 0 Å². The van der Waals surface area contributed by atoms with E-state index in [1.54, 1.807) is 6.07 Å². The first-order chi connectivity index (χ1) is 9.08. The van der Waals surface area contributed by atoms with Crippen molar-refractivity contribution in [2.75, 3.05) is 0 Å². The van der Waals surface area contributed by atoms with E-state index in [0.29, 0.717) is 5.56 Å². The second-order valence-electron chi connectivity index (χ2n) is 4.23. The van der Waals surface area contributed by atoms with Gasteiger partial charge in [-0.1, -0.05) is 56.1 Å². The van der Waals surface area contributed by atoms with Gasteiger partial charge in [-0.2, -0.15) is 0 Å². The van der Waals surface area contributed by atoms with E-state index in [1.807, 2.05) is 49.4 Å². The smallest absolute Gasteiger partial charge is 0.251 e. The highest BCUT2D eigenvalue weighted by Gasteiger charge is 2.13. The van der Waals surface area contributed by atoms with Crippen LogP contribution in [0.2, 0.25) is 0 Å². The molecule has 2 aromatic carbocycles. The van der Waals surface area contributed by atoms with E-state index >= 15 is 0 Å². The molecule has 0 aliphatic heterocycles. The number of halogens is 2. The van der Waals surface area contributed by atoms with Crippen molar-refractivity contribution in [1.29, 1.82) is 0 Å². The molecule has 0 heterocycles. The third-order valence-electron chi connectivity index (χ3n) is 2.81. The maximum Gasteiger partial charge on any atom is 0.251 e. The monoisotopic (exact) mass is 381 g/mol. The third-order valence-corrected chi connectivity index (χ3v) is 4.02. The van der Waals surface area contributed by atoms with Gasteiger partial charge in [0.2, 0.25) is 0 Å². The van der Waals surface area contributed by atoms with Crippen molar-refractivity contribution in [1.82, 2.24) is 5.32 Å². The predicted molar refractivity (Wildman–Crippen MR) is 84.2 cm³/mol. The first-order valence-corrected chi connectivity index (χ1v) is 7.47. The highest BCUT2D eigenvalue weighted by atomic mass is 79.9. The molecule has 4 heteroatoms. The number of carbonyl (C=O) groups excluding carboxylic acids is 1. The molecule has 98 valence electrons. The molecule has 0 bridgehead atoms. The molecule has 19 heavy (non-hydrogen) atoms. The Bertz CT molecular complexity index is 598. The zero-order chi connectivity index (χ0) is 13.8. The van der Waals surface area contributed by atoms with Gasteiger partial charge in [-0.05, 0) is 36.8 Å². The Morgan fingerprint density at radius 2 is 1.84 bits per heavy atom. The summed E-state index contributed by atoms with van der Waals surface area (Å²) in [6, 6.07) is 15.2. The average Bonchev–Trinajstić information content (AvgIpc) is 2.39. The van der Waals surface area contributed by atoms with Gasteiger partial charge < -0.3 is 5.32 Å². The van der Waals surface area contributed by atoms with Gasteiger partial charge in [-0.3, -0.25) is 4.79 Å². The normalized spacial score (nSPS) is 11.9. The second kappa shape index (κ2) is 6.35. The van der Waals surface area contributed by atoms with E-state index < -0.39 is 0 Å². The zero-order valence-electron chi connectivity index (χ0n) is 10.4. The van der Waals surface area contributed by atoms with Crippen LogP contribution in [0.1, 0.15) is 28.9 Å². The van der Waals surface area contributed by atoms with Crippen LogP contribution in [0.25, 0.3) is 0 Å². The Labute approximate surface area is 129 Å². The summed E-state index contributed by atoms with van der Waals surface area (Å²) in [6.45, 7) is 1.97. The first-order valence-electron chi connectivity index (χ1n) is 5.89. The number of nitrogens with one attached hydrogen (secondary N) is 1. The summed E-state index contributed by atoms with van der Waals surface area (Å²) in [4.78, 5) is 12.1.